The van der Waals surface area contributed by atoms with E-state index >= 15 is 0 Å². The zero-order chi connectivity index (χ0) is 50.5. The molecule has 0 heterocycles. The van der Waals surface area contributed by atoms with Crippen LogP contribution in [0.25, 0.3) is 0 Å². The molecule has 9 heteroatoms. The molecule has 69 heavy (non-hydrogen) atoms. The fourth-order valence-corrected chi connectivity index (χ4v) is 8.48. The smallest absolute Gasteiger partial charge is 0.306 e. The molecule has 0 radical (unpaired) electrons. The molecule has 3 atom stereocenters. The maximum atomic E-state index is 12.9. The lowest BCUT2D eigenvalue weighted by molar-refractivity contribution is -0.167. The van der Waals surface area contributed by atoms with Crippen LogP contribution in [0.5, 0.6) is 0 Å². The van der Waals surface area contributed by atoms with Crippen LogP contribution in [-0.2, 0) is 28.6 Å². The molecule has 9 nitrogen and oxygen atoms in total. The van der Waals surface area contributed by atoms with Gasteiger partial charge in [0.05, 0.1) is 18.3 Å². The molecule has 0 aliphatic rings. The van der Waals surface area contributed by atoms with Crippen LogP contribution in [0.4, 0.5) is 0 Å². The molecule has 0 unspecified atom stereocenters. The van der Waals surface area contributed by atoms with Crippen LogP contribution in [0.3, 0.4) is 0 Å². The van der Waals surface area contributed by atoms with Crippen molar-refractivity contribution >= 4 is 17.9 Å². The molecule has 0 bridgehead atoms. The van der Waals surface area contributed by atoms with Gasteiger partial charge in [0.25, 0.3) is 0 Å². The van der Waals surface area contributed by atoms with Crippen molar-refractivity contribution in [2.75, 3.05) is 13.2 Å². The molecule has 0 saturated heterocycles. The van der Waals surface area contributed by atoms with Gasteiger partial charge in [0.1, 0.15) is 13.2 Å². The summed E-state index contributed by atoms with van der Waals surface area (Å²) in [7, 11) is 0. The highest BCUT2D eigenvalue weighted by molar-refractivity contribution is 5.71. The van der Waals surface area contributed by atoms with Crippen LogP contribution in [0.15, 0.2) is 36.5 Å². The van der Waals surface area contributed by atoms with Gasteiger partial charge in [-0.25, -0.2) is 0 Å². The third-order valence-electron chi connectivity index (χ3n) is 13.1. The van der Waals surface area contributed by atoms with Crippen molar-refractivity contribution in [1.29, 1.82) is 0 Å². The van der Waals surface area contributed by atoms with Gasteiger partial charge in [0, 0.05) is 19.3 Å². The summed E-state index contributed by atoms with van der Waals surface area (Å²) in [6.07, 6.45) is 53.1. The zero-order valence-corrected chi connectivity index (χ0v) is 45.2. The lowest BCUT2D eigenvalue weighted by Crippen LogP contribution is -2.30. The predicted molar refractivity (Wildman–Crippen MR) is 288 cm³/mol. The van der Waals surface area contributed by atoms with Crippen molar-refractivity contribution in [2.24, 2.45) is 0 Å². The Bertz CT molecular complexity index is 1150. The molecule has 0 aromatic heterocycles. The Kier molecular flexibility index (Phi) is 51.4. The summed E-state index contributed by atoms with van der Waals surface area (Å²) in [6, 6.07) is 0. The lowest BCUT2D eigenvalue weighted by atomic mass is 10.0. The number of carbonyl (C=O) groups excluding carboxylic acids is 3. The molecule has 0 aromatic carbocycles. The average molecular weight is 976 g/mol. The van der Waals surface area contributed by atoms with Gasteiger partial charge in [-0.05, 0) is 96.3 Å². The van der Waals surface area contributed by atoms with Gasteiger partial charge in [0.2, 0.25) is 0 Å². The van der Waals surface area contributed by atoms with Gasteiger partial charge in [-0.15, -0.1) is 0 Å². The molecule has 0 saturated carbocycles. The first-order valence-corrected chi connectivity index (χ1v) is 29.2. The SMILES string of the molecule is CCCCCCC[C@@H](O)CC=CCCCCCCCCCC(=O)OC(COC(=O)CCCCCCCC=CC[C@H](O)CCCCCC)COC(=O)CCCCCCCC=CC[C@H](O)CCCCCC. The molecule has 3 N–H and O–H groups in total. The second kappa shape index (κ2) is 53.3. The minimum atomic E-state index is -0.830. The van der Waals surface area contributed by atoms with Crippen molar-refractivity contribution < 1.29 is 43.9 Å². The summed E-state index contributed by atoms with van der Waals surface area (Å²) >= 11 is 0. The Morgan fingerprint density at radius 3 is 0.971 bits per heavy atom. The van der Waals surface area contributed by atoms with E-state index in [0.29, 0.717) is 12.8 Å². The number of hydrogen-bond acceptors (Lipinski definition) is 9. The topological polar surface area (TPSA) is 140 Å². The Hall–Kier alpha value is -2.49. The molecule has 0 aliphatic heterocycles. The van der Waals surface area contributed by atoms with Crippen LogP contribution in [0.2, 0.25) is 0 Å². The normalized spacial score (nSPS) is 13.7. The van der Waals surface area contributed by atoms with Crippen LogP contribution in [0.1, 0.15) is 290 Å². The summed E-state index contributed by atoms with van der Waals surface area (Å²) in [5, 5.41) is 30.4. The first-order valence-electron chi connectivity index (χ1n) is 29.2. The van der Waals surface area contributed by atoms with Gasteiger partial charge in [0.15, 0.2) is 6.10 Å². The molecule has 0 aromatic rings. The third-order valence-corrected chi connectivity index (χ3v) is 13.1. The number of aliphatic hydroxyl groups is 3. The van der Waals surface area contributed by atoms with Crippen molar-refractivity contribution in [3.8, 4) is 0 Å². The van der Waals surface area contributed by atoms with Gasteiger partial charge in [-0.2, -0.15) is 0 Å². The van der Waals surface area contributed by atoms with E-state index in [2.05, 4.69) is 57.2 Å². The van der Waals surface area contributed by atoms with Gasteiger partial charge in [-0.1, -0.05) is 211 Å². The number of allylic oxidation sites excluding steroid dienone is 3. The van der Waals surface area contributed by atoms with E-state index in [-0.39, 0.29) is 55.9 Å². The average Bonchev–Trinajstić information content (AvgIpc) is 3.33. The molecule has 404 valence electrons. The lowest BCUT2D eigenvalue weighted by Gasteiger charge is -2.18. The van der Waals surface area contributed by atoms with Crippen LogP contribution in [-0.4, -0.2) is 70.9 Å². The summed E-state index contributed by atoms with van der Waals surface area (Å²) in [4.78, 5) is 38.2. The molecule has 0 aliphatic carbocycles. The highest BCUT2D eigenvalue weighted by atomic mass is 16.6. The van der Waals surface area contributed by atoms with Crippen LogP contribution in [0, 0.1) is 0 Å². The molecule has 0 amide bonds. The highest BCUT2D eigenvalue weighted by Gasteiger charge is 2.19. The fraction of sp³-hybridized carbons (Fsp3) is 0.850. The largest absolute Gasteiger partial charge is 0.462 e. The van der Waals surface area contributed by atoms with Crippen molar-refractivity contribution in [3.63, 3.8) is 0 Å². The summed E-state index contributed by atoms with van der Waals surface area (Å²) in [5.74, 6) is -1.02. The maximum absolute atomic E-state index is 12.9. The number of rotatable bonds is 53. The van der Waals surface area contributed by atoms with E-state index in [1.54, 1.807) is 0 Å². The van der Waals surface area contributed by atoms with E-state index in [0.717, 1.165) is 173 Å². The van der Waals surface area contributed by atoms with E-state index in [4.69, 9.17) is 14.2 Å². The molecule has 0 rings (SSSR count). The zero-order valence-electron chi connectivity index (χ0n) is 45.2. The van der Waals surface area contributed by atoms with Gasteiger partial charge >= 0.3 is 17.9 Å². The number of aliphatic hydroxyl groups excluding tert-OH is 3. The van der Waals surface area contributed by atoms with Gasteiger partial charge < -0.3 is 29.5 Å². The Balaban J connectivity index is 4.49. The monoisotopic (exact) mass is 975 g/mol. The number of carbonyl (C=O) groups is 3. The number of unbranched alkanes of at least 4 members (excludes halogenated alkanes) is 27. The number of hydrogen-bond donors (Lipinski definition) is 3. The highest BCUT2D eigenvalue weighted by Crippen LogP contribution is 2.16. The predicted octanol–water partition coefficient (Wildman–Crippen LogP) is 16.2. The summed E-state index contributed by atoms with van der Waals surface area (Å²) in [6.45, 7) is 6.37. The molecular formula is C60H110O9. The Morgan fingerprint density at radius 1 is 0.348 bits per heavy atom. The minimum Gasteiger partial charge on any atom is -0.462 e. The summed E-state index contributed by atoms with van der Waals surface area (Å²) in [5.41, 5.74) is 0. The van der Waals surface area contributed by atoms with Crippen LogP contribution < -0.4 is 0 Å². The Labute approximate surface area is 424 Å². The second-order valence-electron chi connectivity index (χ2n) is 20.1. The molecule has 0 fully saturated rings. The number of ether oxygens (including phenoxy) is 3. The third kappa shape index (κ3) is 51.7. The second-order valence-corrected chi connectivity index (χ2v) is 20.1. The first-order chi connectivity index (χ1) is 33.7. The van der Waals surface area contributed by atoms with Crippen molar-refractivity contribution in [2.45, 2.75) is 315 Å². The van der Waals surface area contributed by atoms with Crippen LogP contribution >= 0.6 is 0 Å². The van der Waals surface area contributed by atoms with E-state index in [1.807, 2.05) is 0 Å². The Morgan fingerprint density at radius 2 is 0.623 bits per heavy atom. The molecule has 0 spiro atoms. The number of esters is 3. The standard InChI is InChI=1S/C60H110O9/c1-4-7-10-27-36-45-56(63)48-39-28-21-15-13-14-16-26-33-42-51-60(66)69-57(52-67-58(64)49-40-31-24-19-17-22-29-37-46-54(61)43-34-11-8-5-2)53-68-59(65)50-41-32-25-20-18-23-30-38-47-55(62)44-35-12-9-6-3/h28-30,37-39,54-57,61-63H,4-27,31-36,40-53H2,1-3H3/t54-,55-,56-,57?/m1/s1. The summed E-state index contributed by atoms with van der Waals surface area (Å²) < 4.78 is 16.8. The van der Waals surface area contributed by atoms with Gasteiger partial charge in [-0.3, -0.25) is 14.4 Å². The van der Waals surface area contributed by atoms with Crippen molar-refractivity contribution in [1.82, 2.24) is 0 Å². The maximum Gasteiger partial charge on any atom is 0.306 e. The van der Waals surface area contributed by atoms with Crippen molar-refractivity contribution in [3.05, 3.63) is 36.5 Å². The molecular weight excluding hydrogens is 865 g/mol. The van der Waals surface area contributed by atoms with E-state index in [1.165, 1.54) is 77.0 Å². The van der Waals surface area contributed by atoms with E-state index < -0.39 is 6.10 Å². The quantitative estimate of drug-likeness (QED) is 0.0235. The minimum absolute atomic E-state index is 0.126. The fourth-order valence-electron chi connectivity index (χ4n) is 8.48. The van der Waals surface area contributed by atoms with E-state index in [9.17, 15) is 29.7 Å². The first kappa shape index (κ1) is 66.5.